The van der Waals surface area contributed by atoms with E-state index in [1.165, 1.54) is 56.5 Å². The first-order valence-electron chi connectivity index (χ1n) is 11.4. The van der Waals surface area contributed by atoms with E-state index in [0.29, 0.717) is 24.4 Å². The SMILES string of the molecule is CCCCCCCCc1ccc(-c2ncc(OCC(F)CC(F)CCC)cn2)cc1. The lowest BCUT2D eigenvalue weighted by Crippen LogP contribution is -2.18. The van der Waals surface area contributed by atoms with E-state index in [2.05, 4.69) is 29.0 Å². The zero-order chi connectivity index (χ0) is 21.6. The van der Waals surface area contributed by atoms with Crippen molar-refractivity contribution in [2.75, 3.05) is 6.61 Å². The summed E-state index contributed by atoms with van der Waals surface area (Å²) in [5, 5.41) is 0. The van der Waals surface area contributed by atoms with Crippen LogP contribution in [0.4, 0.5) is 8.78 Å². The van der Waals surface area contributed by atoms with Gasteiger partial charge in [0.25, 0.3) is 0 Å². The molecule has 3 nitrogen and oxygen atoms in total. The molecule has 166 valence electrons. The Morgan fingerprint density at radius 2 is 1.50 bits per heavy atom. The van der Waals surface area contributed by atoms with Gasteiger partial charge in [0, 0.05) is 12.0 Å². The zero-order valence-corrected chi connectivity index (χ0v) is 18.5. The van der Waals surface area contributed by atoms with Crippen LogP contribution in [0.5, 0.6) is 5.75 Å². The maximum atomic E-state index is 13.8. The van der Waals surface area contributed by atoms with E-state index in [4.69, 9.17) is 4.74 Å². The molecule has 1 aromatic carbocycles. The highest BCUT2D eigenvalue weighted by Gasteiger charge is 2.15. The Balaban J connectivity index is 1.76. The van der Waals surface area contributed by atoms with E-state index in [9.17, 15) is 8.78 Å². The number of nitrogens with zero attached hydrogens (tertiary/aromatic N) is 2. The minimum absolute atomic E-state index is 0.127. The molecular formula is C25H36F2N2O. The van der Waals surface area contributed by atoms with Crippen LogP contribution in [0.15, 0.2) is 36.7 Å². The van der Waals surface area contributed by atoms with Gasteiger partial charge >= 0.3 is 0 Å². The van der Waals surface area contributed by atoms with Crippen molar-refractivity contribution in [3.63, 3.8) is 0 Å². The van der Waals surface area contributed by atoms with Crippen LogP contribution in [0.2, 0.25) is 0 Å². The summed E-state index contributed by atoms with van der Waals surface area (Å²) < 4.78 is 32.6. The van der Waals surface area contributed by atoms with Gasteiger partial charge in [0.15, 0.2) is 11.6 Å². The Kier molecular flexibility index (Phi) is 11.3. The average molecular weight is 419 g/mol. The van der Waals surface area contributed by atoms with Gasteiger partial charge in [-0.25, -0.2) is 18.7 Å². The molecule has 0 fully saturated rings. The van der Waals surface area contributed by atoms with Gasteiger partial charge in [-0.15, -0.1) is 0 Å². The number of benzene rings is 1. The van der Waals surface area contributed by atoms with Gasteiger partial charge in [0.2, 0.25) is 0 Å². The number of hydrogen-bond donors (Lipinski definition) is 0. The van der Waals surface area contributed by atoms with Gasteiger partial charge in [-0.3, -0.25) is 0 Å². The summed E-state index contributed by atoms with van der Waals surface area (Å²) in [4.78, 5) is 8.64. The Morgan fingerprint density at radius 3 is 2.17 bits per heavy atom. The highest BCUT2D eigenvalue weighted by Crippen LogP contribution is 2.19. The smallest absolute Gasteiger partial charge is 0.159 e. The molecule has 30 heavy (non-hydrogen) atoms. The topological polar surface area (TPSA) is 35.0 Å². The Morgan fingerprint density at radius 1 is 0.833 bits per heavy atom. The summed E-state index contributed by atoms with van der Waals surface area (Å²) >= 11 is 0. The number of ether oxygens (including phenoxy) is 1. The van der Waals surface area contributed by atoms with Crippen molar-refractivity contribution >= 4 is 0 Å². The first kappa shape index (κ1) is 24.2. The monoisotopic (exact) mass is 418 g/mol. The zero-order valence-electron chi connectivity index (χ0n) is 18.5. The molecule has 2 atom stereocenters. The van der Waals surface area contributed by atoms with Gasteiger partial charge in [0.1, 0.15) is 19.0 Å². The van der Waals surface area contributed by atoms with Gasteiger partial charge in [0.05, 0.1) is 12.4 Å². The van der Waals surface area contributed by atoms with E-state index < -0.39 is 12.3 Å². The number of aromatic nitrogens is 2. The van der Waals surface area contributed by atoms with Crippen molar-refractivity contribution < 1.29 is 13.5 Å². The standard InChI is InChI=1S/C25H36F2N2O/c1-3-5-6-7-8-9-11-20-12-14-21(15-13-20)25-28-17-24(18-29-25)30-19-23(27)16-22(26)10-4-2/h12-15,17-18,22-23H,3-11,16,19H2,1-2H3. The molecule has 2 aromatic rings. The van der Waals surface area contributed by atoms with Crippen LogP contribution in [0, 0.1) is 0 Å². The third kappa shape index (κ3) is 9.19. The summed E-state index contributed by atoms with van der Waals surface area (Å²) in [7, 11) is 0. The molecule has 0 saturated carbocycles. The lowest BCUT2D eigenvalue weighted by molar-refractivity contribution is 0.146. The fraction of sp³-hybridized carbons (Fsp3) is 0.600. The predicted molar refractivity (Wildman–Crippen MR) is 119 cm³/mol. The van der Waals surface area contributed by atoms with Crippen LogP contribution in [0.25, 0.3) is 11.4 Å². The molecule has 0 spiro atoms. The summed E-state index contributed by atoms with van der Waals surface area (Å²) in [6, 6.07) is 8.34. The summed E-state index contributed by atoms with van der Waals surface area (Å²) in [6.07, 6.45) is 10.5. The molecule has 2 rings (SSSR count). The number of rotatable bonds is 15. The van der Waals surface area contributed by atoms with Crippen molar-refractivity contribution in [1.29, 1.82) is 0 Å². The van der Waals surface area contributed by atoms with Crippen LogP contribution in [-0.2, 0) is 6.42 Å². The molecule has 0 saturated heterocycles. The number of aryl methyl sites for hydroxylation is 1. The third-order valence-corrected chi connectivity index (χ3v) is 5.20. The molecule has 0 aliphatic heterocycles. The first-order chi connectivity index (χ1) is 14.6. The second-order valence-corrected chi connectivity index (χ2v) is 7.99. The van der Waals surface area contributed by atoms with Crippen LogP contribution < -0.4 is 4.74 Å². The molecule has 5 heteroatoms. The second-order valence-electron chi connectivity index (χ2n) is 7.99. The van der Waals surface area contributed by atoms with Crippen molar-refractivity contribution in [3.05, 3.63) is 42.2 Å². The molecule has 1 aromatic heterocycles. The first-order valence-corrected chi connectivity index (χ1v) is 11.4. The summed E-state index contributed by atoms with van der Waals surface area (Å²) in [5.74, 6) is 1.00. The molecule has 0 N–H and O–H groups in total. The van der Waals surface area contributed by atoms with Gasteiger partial charge in [-0.05, 0) is 24.8 Å². The normalized spacial score (nSPS) is 13.2. The Bertz CT molecular complexity index is 691. The maximum absolute atomic E-state index is 13.8. The van der Waals surface area contributed by atoms with Gasteiger partial charge in [-0.1, -0.05) is 76.6 Å². The van der Waals surface area contributed by atoms with Crippen LogP contribution >= 0.6 is 0 Å². The highest BCUT2D eigenvalue weighted by molar-refractivity contribution is 5.55. The van der Waals surface area contributed by atoms with Crippen molar-refractivity contribution in [3.8, 4) is 17.1 Å². The fourth-order valence-electron chi connectivity index (χ4n) is 3.43. The van der Waals surface area contributed by atoms with E-state index >= 15 is 0 Å². The van der Waals surface area contributed by atoms with E-state index in [1.807, 2.05) is 19.1 Å². The third-order valence-electron chi connectivity index (χ3n) is 5.20. The van der Waals surface area contributed by atoms with E-state index in [0.717, 1.165) is 12.0 Å². The lowest BCUT2D eigenvalue weighted by Gasteiger charge is -2.12. The molecule has 0 aliphatic carbocycles. The van der Waals surface area contributed by atoms with E-state index in [1.54, 1.807) is 0 Å². The fourth-order valence-corrected chi connectivity index (χ4v) is 3.43. The van der Waals surface area contributed by atoms with Gasteiger partial charge in [-0.2, -0.15) is 0 Å². The summed E-state index contributed by atoms with van der Waals surface area (Å²) in [5.41, 5.74) is 2.27. The maximum Gasteiger partial charge on any atom is 0.159 e. The number of alkyl halides is 2. The minimum atomic E-state index is -1.33. The van der Waals surface area contributed by atoms with Crippen molar-refractivity contribution in [2.24, 2.45) is 0 Å². The molecule has 0 amide bonds. The van der Waals surface area contributed by atoms with Gasteiger partial charge < -0.3 is 4.74 Å². The largest absolute Gasteiger partial charge is 0.487 e. The molecule has 0 radical (unpaired) electrons. The number of hydrogen-bond acceptors (Lipinski definition) is 3. The molecular weight excluding hydrogens is 382 g/mol. The van der Waals surface area contributed by atoms with Crippen LogP contribution in [0.3, 0.4) is 0 Å². The second kappa shape index (κ2) is 14.1. The predicted octanol–water partition coefficient (Wildman–Crippen LogP) is 7.29. The highest BCUT2D eigenvalue weighted by atomic mass is 19.1. The summed E-state index contributed by atoms with van der Waals surface area (Å²) in [6.45, 7) is 3.95. The lowest BCUT2D eigenvalue weighted by atomic mass is 10.0. The van der Waals surface area contributed by atoms with Crippen molar-refractivity contribution in [2.45, 2.75) is 90.4 Å². The van der Waals surface area contributed by atoms with Crippen LogP contribution in [0.1, 0.15) is 77.2 Å². The molecule has 2 unspecified atom stereocenters. The Hall–Kier alpha value is -2.04. The van der Waals surface area contributed by atoms with E-state index in [-0.39, 0.29) is 13.0 Å². The average Bonchev–Trinajstić information content (AvgIpc) is 2.76. The minimum Gasteiger partial charge on any atom is -0.487 e. The number of unbranched alkanes of at least 4 members (excludes halogenated alkanes) is 5. The molecule has 0 aliphatic rings. The molecule has 1 heterocycles. The molecule has 0 bridgehead atoms. The van der Waals surface area contributed by atoms with Crippen LogP contribution in [-0.4, -0.2) is 28.9 Å². The number of halogens is 2. The Labute approximate surface area is 180 Å². The van der Waals surface area contributed by atoms with Crippen molar-refractivity contribution in [1.82, 2.24) is 9.97 Å². The quantitative estimate of drug-likeness (QED) is 0.285.